The van der Waals surface area contributed by atoms with Gasteiger partial charge in [0.25, 0.3) is 0 Å². The zero-order valence-corrected chi connectivity index (χ0v) is 14.9. The molecule has 1 nitrogen and oxygen atoms in total. The number of thiophene rings is 1. The molecule has 1 N–H and O–H groups in total. The molecule has 0 saturated carbocycles. The molecule has 3 heteroatoms. The van der Waals surface area contributed by atoms with Crippen LogP contribution in [0.5, 0.6) is 0 Å². The minimum absolute atomic E-state index is 0.259. The summed E-state index contributed by atoms with van der Waals surface area (Å²) in [4.78, 5) is 1.48. The third kappa shape index (κ3) is 3.25. The predicted octanol–water partition coefficient (Wildman–Crippen LogP) is 4.94. The summed E-state index contributed by atoms with van der Waals surface area (Å²) in [5.41, 5.74) is 3.38. The summed E-state index contributed by atoms with van der Waals surface area (Å²) in [7, 11) is 0. The largest absolute Gasteiger partial charge is 0.316 e. The molecule has 1 heterocycles. The van der Waals surface area contributed by atoms with Crippen LogP contribution in [0.1, 0.15) is 35.8 Å². The van der Waals surface area contributed by atoms with Gasteiger partial charge in [-0.2, -0.15) is 0 Å². The maximum Gasteiger partial charge on any atom is 0.0285 e. The molecule has 21 heavy (non-hydrogen) atoms. The van der Waals surface area contributed by atoms with Crippen LogP contribution in [0.25, 0.3) is 0 Å². The van der Waals surface area contributed by atoms with E-state index in [1.54, 1.807) is 11.1 Å². The number of benzene rings is 1. The zero-order valence-electron chi connectivity index (χ0n) is 12.5. The summed E-state index contributed by atoms with van der Waals surface area (Å²) in [5.74, 6) is 0. The summed E-state index contributed by atoms with van der Waals surface area (Å²) in [6.45, 7) is 4.32. The highest BCUT2D eigenvalue weighted by molar-refractivity contribution is 9.10. The number of aryl methyl sites for hydroxylation is 1. The second-order valence-electron chi connectivity index (χ2n) is 5.98. The van der Waals surface area contributed by atoms with E-state index in [1.165, 1.54) is 28.6 Å². The highest BCUT2D eigenvalue weighted by atomic mass is 79.9. The van der Waals surface area contributed by atoms with Crippen molar-refractivity contribution in [1.82, 2.24) is 5.32 Å². The monoisotopic (exact) mass is 363 g/mol. The Labute approximate surface area is 139 Å². The number of likely N-dealkylation sites (N-methyl/N-ethyl adjacent to an activating group) is 1. The van der Waals surface area contributed by atoms with E-state index >= 15 is 0 Å². The summed E-state index contributed by atoms with van der Waals surface area (Å²) in [6.07, 6.45) is 4.97. The average molecular weight is 364 g/mol. The lowest BCUT2D eigenvalue weighted by molar-refractivity contribution is 0.340. The Balaban J connectivity index is 1.97. The topological polar surface area (TPSA) is 12.0 Å². The number of rotatable bonds is 5. The van der Waals surface area contributed by atoms with Crippen LogP contribution < -0.4 is 5.32 Å². The van der Waals surface area contributed by atoms with Crippen LogP contribution in [0.2, 0.25) is 0 Å². The minimum Gasteiger partial charge on any atom is -0.316 e. The molecule has 0 bridgehead atoms. The zero-order chi connectivity index (χ0) is 14.7. The molecule has 0 fully saturated rings. The Morgan fingerprint density at radius 2 is 2.19 bits per heavy atom. The van der Waals surface area contributed by atoms with E-state index in [2.05, 4.69) is 63.9 Å². The van der Waals surface area contributed by atoms with Crippen LogP contribution in [-0.4, -0.2) is 13.1 Å². The molecule has 1 unspecified atom stereocenters. The summed E-state index contributed by atoms with van der Waals surface area (Å²) < 4.78 is 1.21. The Morgan fingerprint density at radius 3 is 2.95 bits per heavy atom. The third-order valence-electron chi connectivity index (χ3n) is 4.54. The van der Waals surface area contributed by atoms with Crippen molar-refractivity contribution in [2.24, 2.45) is 0 Å². The maximum atomic E-state index is 3.62. The standard InChI is InChI=1S/C18H22BrNS/c1-2-20-13-18(11-16-10-15(19)12-21-16)9-5-7-14-6-3-4-8-17(14)18/h3-4,6,8,10,12,20H,2,5,7,9,11,13H2,1H3. The average Bonchev–Trinajstić information content (AvgIpc) is 2.91. The molecule has 112 valence electrons. The van der Waals surface area contributed by atoms with Crippen LogP contribution in [0.15, 0.2) is 40.2 Å². The van der Waals surface area contributed by atoms with Crippen molar-refractivity contribution in [1.29, 1.82) is 0 Å². The first kappa shape index (κ1) is 15.3. The van der Waals surface area contributed by atoms with Gasteiger partial charge >= 0.3 is 0 Å². The van der Waals surface area contributed by atoms with Crippen molar-refractivity contribution >= 4 is 27.3 Å². The van der Waals surface area contributed by atoms with Crippen LogP contribution in [-0.2, 0) is 18.3 Å². The Hall–Kier alpha value is -0.640. The Morgan fingerprint density at radius 1 is 1.33 bits per heavy atom. The van der Waals surface area contributed by atoms with E-state index < -0.39 is 0 Å². The fourth-order valence-electron chi connectivity index (χ4n) is 3.58. The highest BCUT2D eigenvalue weighted by Gasteiger charge is 2.36. The van der Waals surface area contributed by atoms with Crippen molar-refractivity contribution in [3.8, 4) is 0 Å². The lowest BCUT2D eigenvalue weighted by Crippen LogP contribution is -2.42. The minimum atomic E-state index is 0.259. The molecule has 1 atom stereocenters. The number of halogens is 1. The molecule has 1 aliphatic rings. The quantitative estimate of drug-likeness (QED) is 0.793. The van der Waals surface area contributed by atoms with Gasteiger partial charge in [-0.25, -0.2) is 0 Å². The third-order valence-corrected chi connectivity index (χ3v) is 6.24. The number of hydrogen-bond donors (Lipinski definition) is 1. The molecule has 0 saturated heterocycles. The molecule has 1 aromatic heterocycles. The van der Waals surface area contributed by atoms with E-state index in [9.17, 15) is 0 Å². The van der Waals surface area contributed by atoms with E-state index in [0.29, 0.717) is 0 Å². The number of nitrogens with one attached hydrogen (secondary N) is 1. The molecule has 2 aromatic rings. The SMILES string of the molecule is CCNCC1(Cc2cc(Br)cs2)CCCc2ccccc21. The first-order valence-electron chi connectivity index (χ1n) is 7.75. The molecule has 3 rings (SSSR count). The first-order chi connectivity index (χ1) is 10.2. The van der Waals surface area contributed by atoms with E-state index in [1.807, 2.05) is 11.3 Å². The second kappa shape index (κ2) is 6.64. The van der Waals surface area contributed by atoms with Gasteiger partial charge in [0.1, 0.15) is 0 Å². The van der Waals surface area contributed by atoms with Crippen LogP contribution >= 0.6 is 27.3 Å². The van der Waals surface area contributed by atoms with Gasteiger partial charge in [0.15, 0.2) is 0 Å². The van der Waals surface area contributed by atoms with Crippen molar-refractivity contribution < 1.29 is 0 Å². The van der Waals surface area contributed by atoms with Gasteiger partial charge < -0.3 is 5.32 Å². The fraction of sp³-hybridized carbons (Fsp3) is 0.444. The molecule has 1 aromatic carbocycles. The summed E-state index contributed by atoms with van der Waals surface area (Å²) in [6, 6.07) is 11.3. The van der Waals surface area contributed by atoms with Gasteiger partial charge in [0.2, 0.25) is 0 Å². The van der Waals surface area contributed by atoms with Gasteiger partial charge in [0.05, 0.1) is 0 Å². The molecule has 0 amide bonds. The molecular formula is C18H22BrNS. The van der Waals surface area contributed by atoms with Gasteiger partial charge in [-0.05, 0) is 65.4 Å². The van der Waals surface area contributed by atoms with E-state index in [4.69, 9.17) is 0 Å². The molecule has 0 aliphatic heterocycles. The fourth-order valence-corrected chi connectivity index (χ4v) is 5.18. The van der Waals surface area contributed by atoms with Gasteiger partial charge in [-0.15, -0.1) is 11.3 Å². The molecule has 1 aliphatic carbocycles. The summed E-state index contributed by atoms with van der Waals surface area (Å²) >= 11 is 5.47. The smallest absolute Gasteiger partial charge is 0.0285 e. The highest BCUT2D eigenvalue weighted by Crippen LogP contribution is 2.41. The van der Waals surface area contributed by atoms with Crippen molar-refractivity contribution in [2.45, 2.75) is 38.0 Å². The van der Waals surface area contributed by atoms with Crippen LogP contribution in [0, 0.1) is 0 Å². The van der Waals surface area contributed by atoms with Gasteiger partial charge in [0, 0.05) is 26.7 Å². The van der Waals surface area contributed by atoms with E-state index in [-0.39, 0.29) is 5.41 Å². The van der Waals surface area contributed by atoms with Crippen LogP contribution in [0.4, 0.5) is 0 Å². The second-order valence-corrected chi connectivity index (χ2v) is 7.89. The van der Waals surface area contributed by atoms with Crippen molar-refractivity contribution in [2.75, 3.05) is 13.1 Å². The van der Waals surface area contributed by atoms with Crippen molar-refractivity contribution in [3.05, 3.63) is 56.2 Å². The lowest BCUT2D eigenvalue weighted by atomic mass is 9.67. The Kier molecular flexibility index (Phi) is 4.82. The van der Waals surface area contributed by atoms with Gasteiger partial charge in [-0.3, -0.25) is 0 Å². The normalized spacial score (nSPS) is 21.2. The Bertz CT molecular complexity index is 607. The number of fused-ring (bicyclic) bond motifs is 1. The summed E-state index contributed by atoms with van der Waals surface area (Å²) in [5, 5.41) is 5.82. The first-order valence-corrected chi connectivity index (χ1v) is 9.43. The van der Waals surface area contributed by atoms with Gasteiger partial charge in [-0.1, -0.05) is 31.2 Å². The lowest BCUT2D eigenvalue weighted by Gasteiger charge is -2.39. The molecule has 0 radical (unpaired) electrons. The predicted molar refractivity (Wildman–Crippen MR) is 95.3 cm³/mol. The molecular weight excluding hydrogens is 342 g/mol. The maximum absolute atomic E-state index is 3.62. The number of hydrogen-bond acceptors (Lipinski definition) is 2. The van der Waals surface area contributed by atoms with Crippen molar-refractivity contribution in [3.63, 3.8) is 0 Å². The van der Waals surface area contributed by atoms with Crippen LogP contribution in [0.3, 0.4) is 0 Å². The molecule has 0 spiro atoms. The van der Waals surface area contributed by atoms with E-state index in [0.717, 1.165) is 19.5 Å².